The third-order valence-corrected chi connectivity index (χ3v) is 1.65. The fourth-order valence-corrected chi connectivity index (χ4v) is 1.13. The fraction of sp³-hybridized carbons (Fsp3) is 0.125. The lowest BCUT2D eigenvalue weighted by Gasteiger charge is -1.93. The Hall–Kier alpha value is -1.51. The number of hydrogen-bond donors (Lipinski definition) is 1. The minimum Gasteiger partial charge on any atom is -0.439 e. The molecule has 0 atom stereocenters. The first kappa shape index (κ1) is 6.22. The molecule has 3 nitrogen and oxygen atoms in total. The van der Waals surface area contributed by atoms with E-state index in [4.69, 9.17) is 9.94 Å². The van der Waals surface area contributed by atoms with E-state index in [9.17, 15) is 0 Å². The first-order valence-corrected chi connectivity index (χ1v) is 3.37. The summed E-state index contributed by atoms with van der Waals surface area (Å²) in [6, 6.07) is 7.63. The van der Waals surface area contributed by atoms with Crippen molar-refractivity contribution in [3.63, 3.8) is 0 Å². The van der Waals surface area contributed by atoms with Gasteiger partial charge in [0.25, 0.3) is 0 Å². The van der Waals surface area contributed by atoms with E-state index in [0.717, 1.165) is 11.3 Å². The summed E-state index contributed by atoms with van der Waals surface area (Å²) in [4.78, 5) is 0. The number of para-hydroxylation sites is 1. The highest BCUT2D eigenvalue weighted by Crippen LogP contribution is 2.24. The number of benzene rings is 1. The minimum absolute atomic E-state index is 0.367. The van der Waals surface area contributed by atoms with Gasteiger partial charge in [0.1, 0.15) is 5.75 Å². The van der Waals surface area contributed by atoms with Crippen LogP contribution in [0.5, 0.6) is 5.75 Å². The van der Waals surface area contributed by atoms with Crippen molar-refractivity contribution in [3.8, 4) is 5.75 Å². The monoisotopic (exact) mass is 149 g/mol. The first-order chi connectivity index (χ1) is 5.40. The molecule has 1 aromatic carbocycles. The molecule has 11 heavy (non-hydrogen) atoms. The summed E-state index contributed by atoms with van der Waals surface area (Å²) in [5, 5.41) is 11.4. The van der Waals surface area contributed by atoms with Crippen LogP contribution in [0.3, 0.4) is 0 Å². The minimum atomic E-state index is 0.367. The van der Waals surface area contributed by atoms with Gasteiger partial charge in [-0.15, -0.1) is 0 Å². The Balaban J connectivity index is 2.41. The second-order valence-corrected chi connectivity index (χ2v) is 2.38. The van der Waals surface area contributed by atoms with E-state index in [1.165, 1.54) is 0 Å². The lowest BCUT2D eigenvalue weighted by atomic mass is 10.2. The van der Waals surface area contributed by atoms with E-state index >= 15 is 0 Å². The van der Waals surface area contributed by atoms with Crippen molar-refractivity contribution in [3.05, 3.63) is 29.8 Å². The molecule has 1 aliphatic rings. The van der Waals surface area contributed by atoms with Gasteiger partial charge in [0.2, 0.25) is 5.90 Å². The van der Waals surface area contributed by atoms with E-state index in [0.29, 0.717) is 12.3 Å². The summed E-state index contributed by atoms with van der Waals surface area (Å²) in [6.07, 6.45) is 0.590. The van der Waals surface area contributed by atoms with Gasteiger partial charge in [-0.2, -0.15) is 0 Å². The molecule has 1 N–H and O–H groups in total. The molecule has 0 bridgehead atoms. The predicted molar refractivity (Wildman–Crippen MR) is 40.0 cm³/mol. The summed E-state index contributed by atoms with van der Waals surface area (Å²) in [7, 11) is 0. The Kier molecular flexibility index (Phi) is 1.28. The van der Waals surface area contributed by atoms with Gasteiger partial charge >= 0.3 is 0 Å². The smallest absolute Gasteiger partial charge is 0.235 e. The Morgan fingerprint density at radius 2 is 2.18 bits per heavy atom. The van der Waals surface area contributed by atoms with Crippen LogP contribution in [-0.2, 0) is 6.42 Å². The molecular formula is C8H7NO2. The van der Waals surface area contributed by atoms with Gasteiger partial charge in [-0.3, -0.25) is 0 Å². The van der Waals surface area contributed by atoms with Crippen LogP contribution in [0.4, 0.5) is 0 Å². The van der Waals surface area contributed by atoms with E-state index in [2.05, 4.69) is 5.16 Å². The summed E-state index contributed by atoms with van der Waals surface area (Å²) in [5.74, 6) is 1.16. The molecule has 0 amide bonds. The van der Waals surface area contributed by atoms with E-state index in [-0.39, 0.29) is 0 Å². The van der Waals surface area contributed by atoms with Crippen LogP contribution in [0.15, 0.2) is 29.4 Å². The Labute approximate surface area is 63.9 Å². The van der Waals surface area contributed by atoms with Crippen molar-refractivity contribution in [1.82, 2.24) is 0 Å². The zero-order valence-corrected chi connectivity index (χ0v) is 5.82. The molecular weight excluding hydrogens is 142 g/mol. The molecule has 56 valence electrons. The highest BCUT2D eigenvalue weighted by atomic mass is 16.5. The van der Waals surface area contributed by atoms with Crippen molar-refractivity contribution < 1.29 is 9.94 Å². The Morgan fingerprint density at radius 3 is 2.91 bits per heavy atom. The molecule has 0 aromatic heterocycles. The van der Waals surface area contributed by atoms with Gasteiger partial charge in [0, 0.05) is 5.56 Å². The molecule has 0 fully saturated rings. The van der Waals surface area contributed by atoms with Gasteiger partial charge in [-0.25, -0.2) is 0 Å². The van der Waals surface area contributed by atoms with Gasteiger partial charge in [0.05, 0.1) is 6.42 Å². The van der Waals surface area contributed by atoms with E-state index < -0.39 is 0 Å². The van der Waals surface area contributed by atoms with Crippen molar-refractivity contribution in [2.45, 2.75) is 6.42 Å². The Morgan fingerprint density at radius 1 is 1.36 bits per heavy atom. The molecule has 0 unspecified atom stereocenters. The van der Waals surface area contributed by atoms with Crippen LogP contribution in [0.1, 0.15) is 5.56 Å². The maximum absolute atomic E-state index is 8.40. The van der Waals surface area contributed by atoms with Crippen molar-refractivity contribution in [2.24, 2.45) is 5.16 Å². The number of ether oxygens (including phenoxy) is 1. The van der Waals surface area contributed by atoms with E-state index in [1.807, 2.05) is 24.3 Å². The summed E-state index contributed by atoms with van der Waals surface area (Å²) in [5.41, 5.74) is 1.07. The van der Waals surface area contributed by atoms with Crippen LogP contribution < -0.4 is 4.74 Å². The number of fused-ring (bicyclic) bond motifs is 1. The van der Waals surface area contributed by atoms with Gasteiger partial charge in [0.15, 0.2) is 0 Å². The predicted octanol–water partition coefficient (Wildman–Crippen LogP) is 1.41. The van der Waals surface area contributed by atoms with Gasteiger partial charge in [-0.1, -0.05) is 23.4 Å². The molecule has 0 aliphatic carbocycles. The highest BCUT2D eigenvalue weighted by Gasteiger charge is 2.17. The van der Waals surface area contributed by atoms with Crippen LogP contribution in [0.25, 0.3) is 0 Å². The summed E-state index contributed by atoms with van der Waals surface area (Å²) < 4.78 is 5.16. The third kappa shape index (κ3) is 0.941. The van der Waals surface area contributed by atoms with Crippen LogP contribution in [-0.4, -0.2) is 11.1 Å². The quantitative estimate of drug-likeness (QED) is 0.447. The lowest BCUT2D eigenvalue weighted by Crippen LogP contribution is -2.01. The lowest BCUT2D eigenvalue weighted by molar-refractivity contribution is 0.304. The molecule has 1 heterocycles. The molecule has 2 rings (SSSR count). The standard InChI is InChI=1S/C8H7NO2/c10-9-8-5-6-3-1-2-4-7(6)11-8/h1-4,10H,5H2/b9-8+. The third-order valence-electron chi connectivity index (χ3n) is 1.65. The molecule has 1 aromatic rings. The number of nitrogens with zero attached hydrogens (tertiary/aromatic N) is 1. The maximum Gasteiger partial charge on any atom is 0.235 e. The molecule has 1 aliphatic heterocycles. The second-order valence-electron chi connectivity index (χ2n) is 2.38. The fourth-order valence-electron chi connectivity index (χ4n) is 1.13. The number of rotatable bonds is 0. The zero-order chi connectivity index (χ0) is 7.68. The summed E-state index contributed by atoms with van der Waals surface area (Å²) in [6.45, 7) is 0. The Bertz CT molecular complexity index is 280. The highest BCUT2D eigenvalue weighted by molar-refractivity contribution is 5.85. The first-order valence-electron chi connectivity index (χ1n) is 3.37. The largest absolute Gasteiger partial charge is 0.439 e. The average molecular weight is 149 g/mol. The second kappa shape index (κ2) is 2.27. The van der Waals surface area contributed by atoms with Gasteiger partial charge in [-0.05, 0) is 6.07 Å². The van der Waals surface area contributed by atoms with Crippen LogP contribution in [0.2, 0.25) is 0 Å². The molecule has 0 spiro atoms. The topological polar surface area (TPSA) is 41.8 Å². The van der Waals surface area contributed by atoms with Crippen LogP contribution in [0, 0.1) is 0 Å². The van der Waals surface area contributed by atoms with Crippen molar-refractivity contribution in [1.29, 1.82) is 0 Å². The van der Waals surface area contributed by atoms with Crippen molar-refractivity contribution >= 4 is 5.90 Å². The van der Waals surface area contributed by atoms with Gasteiger partial charge < -0.3 is 9.94 Å². The molecule has 0 saturated heterocycles. The SMILES string of the molecule is O/N=C1\Cc2ccccc2O1. The number of oxime groups is 1. The van der Waals surface area contributed by atoms with Crippen molar-refractivity contribution in [2.75, 3.05) is 0 Å². The molecule has 0 saturated carbocycles. The normalized spacial score (nSPS) is 18.0. The molecule has 3 heteroatoms. The molecule has 0 radical (unpaired) electrons. The average Bonchev–Trinajstić information content (AvgIpc) is 2.46. The maximum atomic E-state index is 8.40. The van der Waals surface area contributed by atoms with E-state index in [1.54, 1.807) is 0 Å². The zero-order valence-electron chi connectivity index (χ0n) is 5.82. The number of hydrogen-bond acceptors (Lipinski definition) is 3. The summed E-state index contributed by atoms with van der Waals surface area (Å²) >= 11 is 0. The van der Waals surface area contributed by atoms with Crippen LogP contribution >= 0.6 is 0 Å².